The van der Waals surface area contributed by atoms with E-state index < -0.39 is 36.2 Å². The topological polar surface area (TPSA) is 125 Å². The van der Waals surface area contributed by atoms with Crippen molar-refractivity contribution in [2.45, 2.75) is 37.0 Å². The average Bonchev–Trinajstić information content (AvgIpc) is 3.38. The molecule has 2 aliphatic rings. The van der Waals surface area contributed by atoms with Gasteiger partial charge in [0.1, 0.15) is 18.8 Å². The molecule has 0 aromatic heterocycles. The molecule has 9 nitrogen and oxygen atoms in total. The Balaban J connectivity index is 1.29. The van der Waals surface area contributed by atoms with Gasteiger partial charge in [-0.3, -0.25) is 4.79 Å². The molecule has 0 radical (unpaired) electrons. The summed E-state index contributed by atoms with van der Waals surface area (Å²) >= 11 is 0. The van der Waals surface area contributed by atoms with Gasteiger partial charge in [0.25, 0.3) is 5.91 Å². The van der Waals surface area contributed by atoms with Crippen molar-refractivity contribution in [3.63, 3.8) is 0 Å². The molecule has 3 atom stereocenters. The molecular weight excluding hydrogens is 440 g/mol. The third kappa shape index (κ3) is 4.76. The quantitative estimate of drug-likeness (QED) is 0.541. The molecule has 34 heavy (non-hydrogen) atoms. The summed E-state index contributed by atoms with van der Waals surface area (Å²) in [6.07, 6.45) is -2.32. The van der Waals surface area contributed by atoms with E-state index in [0.29, 0.717) is 0 Å². The highest BCUT2D eigenvalue weighted by molar-refractivity contribution is 5.87. The third-order valence-electron chi connectivity index (χ3n) is 6.43. The Kier molecular flexibility index (Phi) is 7.14. The summed E-state index contributed by atoms with van der Waals surface area (Å²) in [6, 6.07) is 15.0. The molecule has 1 heterocycles. The SMILES string of the molecule is COC(CCNC(=O)OCC1c2ccccc2-c2ccccc21)C(=O)N1C[C@@H](O)C[C@H]1C(=O)O. The van der Waals surface area contributed by atoms with Gasteiger partial charge in [-0.05, 0) is 22.3 Å². The van der Waals surface area contributed by atoms with Gasteiger partial charge >= 0.3 is 12.1 Å². The van der Waals surface area contributed by atoms with Crippen molar-refractivity contribution in [2.24, 2.45) is 0 Å². The first kappa shape index (κ1) is 23.7. The van der Waals surface area contributed by atoms with Gasteiger partial charge in [0.2, 0.25) is 0 Å². The summed E-state index contributed by atoms with van der Waals surface area (Å²) < 4.78 is 10.7. The highest BCUT2D eigenvalue weighted by Gasteiger charge is 2.41. The minimum absolute atomic E-state index is 0.0183. The van der Waals surface area contributed by atoms with Gasteiger partial charge in [-0.15, -0.1) is 0 Å². The van der Waals surface area contributed by atoms with Crippen LogP contribution in [-0.2, 0) is 19.1 Å². The molecule has 9 heteroatoms. The number of carbonyl (C=O) groups excluding carboxylic acids is 2. The molecule has 1 fully saturated rings. The largest absolute Gasteiger partial charge is 0.480 e. The fourth-order valence-corrected chi connectivity index (χ4v) is 4.77. The van der Waals surface area contributed by atoms with Gasteiger partial charge < -0.3 is 29.9 Å². The Labute approximate surface area is 197 Å². The molecule has 1 unspecified atom stereocenters. The second kappa shape index (κ2) is 10.2. The second-order valence-corrected chi connectivity index (χ2v) is 8.50. The molecule has 1 aliphatic carbocycles. The molecule has 4 rings (SSSR count). The van der Waals surface area contributed by atoms with Crippen LogP contribution in [0.1, 0.15) is 29.9 Å². The minimum Gasteiger partial charge on any atom is -0.480 e. The van der Waals surface area contributed by atoms with E-state index >= 15 is 0 Å². The number of alkyl carbamates (subject to hydrolysis) is 1. The fraction of sp³-hybridized carbons (Fsp3) is 0.400. The standard InChI is InChI=1S/C25H28N2O7/c1-33-22(23(29)27-13-15(28)12-21(27)24(30)31)10-11-26-25(32)34-14-20-18-8-4-2-6-16(18)17-7-3-5-9-19(17)20/h2-9,15,20-22,28H,10-14H2,1H3,(H,26,32)(H,30,31)/t15-,21-,22?/m0/s1. The summed E-state index contributed by atoms with van der Waals surface area (Å²) in [5.74, 6) is -1.75. The van der Waals surface area contributed by atoms with E-state index in [4.69, 9.17) is 9.47 Å². The maximum Gasteiger partial charge on any atom is 0.407 e. The molecule has 0 saturated carbocycles. The van der Waals surface area contributed by atoms with Crippen LogP contribution in [-0.4, -0.2) is 78.1 Å². The van der Waals surface area contributed by atoms with Gasteiger partial charge in [-0.25, -0.2) is 9.59 Å². The minimum atomic E-state index is -1.17. The maximum absolute atomic E-state index is 12.7. The van der Waals surface area contributed by atoms with E-state index in [1.807, 2.05) is 36.4 Å². The smallest absolute Gasteiger partial charge is 0.407 e. The van der Waals surface area contributed by atoms with Crippen LogP contribution in [0, 0.1) is 0 Å². The zero-order valence-corrected chi connectivity index (χ0v) is 18.8. The second-order valence-electron chi connectivity index (χ2n) is 8.50. The maximum atomic E-state index is 12.7. The lowest BCUT2D eigenvalue weighted by atomic mass is 9.98. The van der Waals surface area contributed by atoms with Crippen LogP contribution in [0.4, 0.5) is 4.79 Å². The molecular formula is C25H28N2O7. The van der Waals surface area contributed by atoms with Crippen LogP contribution in [0.25, 0.3) is 11.1 Å². The number of aliphatic hydroxyl groups excluding tert-OH is 1. The normalized spacial score (nSPS) is 19.9. The van der Waals surface area contributed by atoms with Crippen LogP contribution < -0.4 is 5.32 Å². The number of methoxy groups -OCH3 is 1. The zero-order chi connectivity index (χ0) is 24.2. The van der Waals surface area contributed by atoms with Crippen molar-refractivity contribution < 1.29 is 34.1 Å². The van der Waals surface area contributed by atoms with Crippen molar-refractivity contribution in [1.82, 2.24) is 10.2 Å². The highest BCUT2D eigenvalue weighted by Crippen LogP contribution is 2.44. The van der Waals surface area contributed by atoms with E-state index in [9.17, 15) is 24.6 Å². The summed E-state index contributed by atoms with van der Waals surface area (Å²) in [7, 11) is 1.35. The molecule has 1 aliphatic heterocycles. The zero-order valence-electron chi connectivity index (χ0n) is 18.8. The van der Waals surface area contributed by atoms with E-state index in [2.05, 4.69) is 17.4 Å². The third-order valence-corrected chi connectivity index (χ3v) is 6.43. The first-order valence-electron chi connectivity index (χ1n) is 11.2. The average molecular weight is 469 g/mol. The number of aliphatic hydroxyl groups is 1. The Morgan fingerprint density at radius 2 is 1.71 bits per heavy atom. The number of amides is 2. The number of rotatable bonds is 8. The van der Waals surface area contributed by atoms with E-state index in [-0.39, 0.29) is 38.5 Å². The predicted octanol–water partition coefficient (Wildman–Crippen LogP) is 1.98. The number of hydrogen-bond acceptors (Lipinski definition) is 6. The number of carboxylic acid groups (broad SMARTS) is 1. The number of carbonyl (C=O) groups is 3. The molecule has 2 aromatic carbocycles. The summed E-state index contributed by atoms with van der Waals surface area (Å²) in [4.78, 5) is 37.6. The molecule has 2 aromatic rings. The molecule has 3 N–H and O–H groups in total. The lowest BCUT2D eigenvalue weighted by Crippen LogP contribution is -2.47. The number of aliphatic carboxylic acids is 1. The van der Waals surface area contributed by atoms with Gasteiger partial charge in [0.05, 0.1) is 6.10 Å². The number of nitrogens with one attached hydrogen (secondary N) is 1. The Morgan fingerprint density at radius 3 is 2.29 bits per heavy atom. The Hall–Kier alpha value is -3.43. The number of fused-ring (bicyclic) bond motifs is 3. The van der Waals surface area contributed by atoms with Gasteiger partial charge in [-0.2, -0.15) is 0 Å². The van der Waals surface area contributed by atoms with Crippen molar-refractivity contribution in [3.05, 3.63) is 59.7 Å². The molecule has 180 valence electrons. The molecule has 0 spiro atoms. The number of β-amino-alcohol motifs (C(OH)–C–C–N with tert-alkyl or cyclic N) is 1. The number of benzene rings is 2. The van der Waals surface area contributed by atoms with Gasteiger partial charge in [0, 0.05) is 39.0 Å². The van der Waals surface area contributed by atoms with E-state index in [1.54, 1.807) is 0 Å². The molecule has 1 saturated heterocycles. The van der Waals surface area contributed by atoms with Crippen LogP contribution >= 0.6 is 0 Å². The van der Waals surface area contributed by atoms with Crippen LogP contribution in [0.5, 0.6) is 0 Å². The van der Waals surface area contributed by atoms with E-state index in [1.165, 1.54) is 7.11 Å². The van der Waals surface area contributed by atoms with Crippen LogP contribution in [0.15, 0.2) is 48.5 Å². The van der Waals surface area contributed by atoms with Crippen molar-refractivity contribution in [3.8, 4) is 11.1 Å². The Bertz CT molecular complexity index is 1030. The summed E-state index contributed by atoms with van der Waals surface area (Å²) in [6.45, 7) is 0.225. The number of hydrogen-bond donors (Lipinski definition) is 3. The summed E-state index contributed by atoms with van der Waals surface area (Å²) in [5.41, 5.74) is 4.50. The fourth-order valence-electron chi connectivity index (χ4n) is 4.77. The number of likely N-dealkylation sites (tertiary alicyclic amines) is 1. The summed E-state index contributed by atoms with van der Waals surface area (Å²) in [5, 5.41) is 21.7. The lowest BCUT2D eigenvalue weighted by Gasteiger charge is -2.25. The number of ether oxygens (including phenoxy) is 2. The van der Waals surface area contributed by atoms with Crippen molar-refractivity contribution >= 4 is 18.0 Å². The van der Waals surface area contributed by atoms with Gasteiger partial charge in [0.15, 0.2) is 0 Å². The van der Waals surface area contributed by atoms with E-state index in [0.717, 1.165) is 27.2 Å². The van der Waals surface area contributed by atoms with Crippen LogP contribution in [0.2, 0.25) is 0 Å². The monoisotopic (exact) mass is 468 g/mol. The van der Waals surface area contributed by atoms with Crippen molar-refractivity contribution in [1.29, 1.82) is 0 Å². The molecule has 0 bridgehead atoms. The van der Waals surface area contributed by atoms with Gasteiger partial charge in [-0.1, -0.05) is 48.5 Å². The van der Waals surface area contributed by atoms with Crippen molar-refractivity contribution in [2.75, 3.05) is 26.8 Å². The molecule has 2 amide bonds. The number of carboxylic acids is 1. The number of nitrogens with zero attached hydrogens (tertiary/aromatic N) is 1. The lowest BCUT2D eigenvalue weighted by molar-refractivity contribution is -0.153. The van der Waals surface area contributed by atoms with Crippen LogP contribution in [0.3, 0.4) is 0 Å². The first-order valence-corrected chi connectivity index (χ1v) is 11.2. The first-order chi connectivity index (χ1) is 16.4. The predicted molar refractivity (Wildman–Crippen MR) is 122 cm³/mol. The highest BCUT2D eigenvalue weighted by atomic mass is 16.5. The Morgan fingerprint density at radius 1 is 1.09 bits per heavy atom.